The summed E-state index contributed by atoms with van der Waals surface area (Å²) in [6, 6.07) is 0. The maximum absolute atomic E-state index is 11.8. The minimum Gasteiger partial charge on any atom is -0.379 e. The first kappa shape index (κ1) is 16.1. The van der Waals surface area contributed by atoms with E-state index in [1.165, 1.54) is 11.3 Å². The predicted octanol–water partition coefficient (Wildman–Crippen LogP) is 1.58. The maximum Gasteiger partial charge on any atom is 0.270 e. The second kappa shape index (κ2) is 9.01. The number of hydrogen-bond acceptors (Lipinski definition) is 5. The summed E-state index contributed by atoms with van der Waals surface area (Å²) in [5, 5.41) is 5.56. The molecule has 1 amide bonds. The van der Waals surface area contributed by atoms with Gasteiger partial charge in [0.2, 0.25) is 0 Å². The first-order valence-corrected chi connectivity index (χ1v) is 7.55. The van der Waals surface area contributed by atoms with E-state index in [-0.39, 0.29) is 12.0 Å². The topological polar surface area (TPSA) is 77.2 Å². The van der Waals surface area contributed by atoms with Gasteiger partial charge in [-0.15, -0.1) is 11.3 Å². The molecule has 1 aromatic rings. The van der Waals surface area contributed by atoms with Crippen LogP contribution in [0, 0.1) is 0 Å². The number of rotatable bonds is 9. The molecule has 0 aliphatic carbocycles. The van der Waals surface area contributed by atoms with Crippen LogP contribution in [-0.2, 0) is 11.2 Å². The van der Waals surface area contributed by atoms with Crippen molar-refractivity contribution < 1.29 is 9.53 Å². The number of thiazole rings is 1. The third kappa shape index (κ3) is 6.66. The molecule has 0 radical (unpaired) electrons. The molecule has 3 N–H and O–H groups in total. The number of nitrogens with one attached hydrogen (secondary N) is 1. The van der Waals surface area contributed by atoms with Gasteiger partial charge in [0.05, 0.1) is 11.1 Å². The molecule has 0 aliphatic heterocycles. The van der Waals surface area contributed by atoms with Gasteiger partial charge in [-0.05, 0) is 33.2 Å². The summed E-state index contributed by atoms with van der Waals surface area (Å²) < 4.78 is 5.43. The molecule has 0 saturated carbocycles. The summed E-state index contributed by atoms with van der Waals surface area (Å²) in [5.74, 6) is -0.107. The highest BCUT2D eigenvalue weighted by Crippen LogP contribution is 2.09. The second-order valence-electron chi connectivity index (χ2n) is 4.55. The van der Waals surface area contributed by atoms with Crippen molar-refractivity contribution in [2.45, 2.75) is 39.2 Å². The molecule has 19 heavy (non-hydrogen) atoms. The minimum atomic E-state index is -0.107. The van der Waals surface area contributed by atoms with Gasteiger partial charge in [-0.25, -0.2) is 4.98 Å². The van der Waals surface area contributed by atoms with Crippen LogP contribution < -0.4 is 11.1 Å². The molecule has 0 saturated heterocycles. The summed E-state index contributed by atoms with van der Waals surface area (Å²) in [6.45, 7) is 5.99. The zero-order valence-electron chi connectivity index (χ0n) is 11.6. The third-order valence-electron chi connectivity index (χ3n) is 2.45. The Morgan fingerprint density at radius 3 is 3.00 bits per heavy atom. The van der Waals surface area contributed by atoms with Crippen molar-refractivity contribution in [3.8, 4) is 0 Å². The molecule has 1 aromatic heterocycles. The Bertz CT molecular complexity index is 380. The Kier molecular flexibility index (Phi) is 7.62. The van der Waals surface area contributed by atoms with Crippen LogP contribution in [0.1, 0.15) is 42.2 Å². The summed E-state index contributed by atoms with van der Waals surface area (Å²) in [4.78, 5) is 16.0. The molecule has 0 atom stereocenters. The molecule has 6 heteroatoms. The Morgan fingerprint density at radius 2 is 2.32 bits per heavy atom. The SMILES string of the molecule is CC(C)OCCCCNC(=O)c1csc(CCN)n1. The molecule has 0 unspecified atom stereocenters. The first-order chi connectivity index (χ1) is 9.13. The highest BCUT2D eigenvalue weighted by atomic mass is 32.1. The van der Waals surface area contributed by atoms with Crippen molar-refractivity contribution in [1.82, 2.24) is 10.3 Å². The van der Waals surface area contributed by atoms with Gasteiger partial charge in [-0.2, -0.15) is 0 Å². The summed E-state index contributed by atoms with van der Waals surface area (Å²) in [7, 11) is 0. The lowest BCUT2D eigenvalue weighted by Crippen LogP contribution is -2.25. The number of amides is 1. The van der Waals surface area contributed by atoms with E-state index < -0.39 is 0 Å². The number of ether oxygens (including phenoxy) is 1. The standard InChI is InChI=1S/C13H23N3O2S/c1-10(2)18-8-4-3-7-15-13(17)11-9-19-12(16-11)5-6-14/h9-10H,3-8,14H2,1-2H3,(H,15,17). The average molecular weight is 285 g/mol. The smallest absolute Gasteiger partial charge is 0.270 e. The molecule has 108 valence electrons. The maximum atomic E-state index is 11.8. The number of carbonyl (C=O) groups is 1. The Labute approximate surface area is 118 Å². The average Bonchev–Trinajstić information content (AvgIpc) is 2.82. The molecule has 1 heterocycles. The van der Waals surface area contributed by atoms with Crippen molar-refractivity contribution in [1.29, 1.82) is 0 Å². The highest BCUT2D eigenvalue weighted by Gasteiger charge is 2.09. The number of nitrogens with two attached hydrogens (primary N) is 1. The van der Waals surface area contributed by atoms with Crippen molar-refractivity contribution >= 4 is 17.2 Å². The number of aromatic nitrogens is 1. The molecular formula is C13H23N3O2S. The number of unbranched alkanes of at least 4 members (excludes halogenated alkanes) is 1. The monoisotopic (exact) mass is 285 g/mol. The second-order valence-corrected chi connectivity index (χ2v) is 5.49. The van der Waals surface area contributed by atoms with E-state index in [0.717, 1.165) is 30.9 Å². The summed E-state index contributed by atoms with van der Waals surface area (Å²) in [6.07, 6.45) is 2.86. The van der Waals surface area contributed by atoms with E-state index in [0.29, 0.717) is 18.8 Å². The lowest BCUT2D eigenvalue weighted by molar-refractivity contribution is 0.0754. The molecular weight excluding hydrogens is 262 g/mol. The van der Waals surface area contributed by atoms with Crippen LogP contribution in [0.3, 0.4) is 0 Å². The van der Waals surface area contributed by atoms with Crippen LogP contribution in [-0.4, -0.2) is 36.7 Å². The minimum absolute atomic E-state index is 0.107. The van der Waals surface area contributed by atoms with E-state index in [4.69, 9.17) is 10.5 Å². The largest absolute Gasteiger partial charge is 0.379 e. The van der Waals surface area contributed by atoms with E-state index in [9.17, 15) is 4.79 Å². The van der Waals surface area contributed by atoms with Gasteiger partial charge in [0.15, 0.2) is 0 Å². The fourth-order valence-corrected chi connectivity index (χ4v) is 2.29. The lowest BCUT2D eigenvalue weighted by atomic mass is 10.3. The van der Waals surface area contributed by atoms with Gasteiger partial charge in [0.25, 0.3) is 5.91 Å². The number of hydrogen-bond donors (Lipinski definition) is 2. The molecule has 0 spiro atoms. The van der Waals surface area contributed by atoms with Crippen LogP contribution in [0.4, 0.5) is 0 Å². The van der Waals surface area contributed by atoms with Crippen molar-refractivity contribution in [3.63, 3.8) is 0 Å². The zero-order chi connectivity index (χ0) is 14.1. The number of carbonyl (C=O) groups excluding carboxylic acids is 1. The van der Waals surface area contributed by atoms with Crippen LogP contribution in [0.2, 0.25) is 0 Å². The van der Waals surface area contributed by atoms with Crippen LogP contribution in [0.15, 0.2) is 5.38 Å². The molecule has 1 rings (SSSR count). The summed E-state index contributed by atoms with van der Waals surface area (Å²) >= 11 is 1.48. The normalized spacial score (nSPS) is 10.9. The molecule has 5 nitrogen and oxygen atoms in total. The van der Waals surface area contributed by atoms with Crippen molar-refractivity contribution in [2.24, 2.45) is 5.73 Å². The highest BCUT2D eigenvalue weighted by molar-refractivity contribution is 7.09. The Morgan fingerprint density at radius 1 is 1.53 bits per heavy atom. The summed E-state index contributed by atoms with van der Waals surface area (Å²) in [5.41, 5.74) is 5.94. The van der Waals surface area contributed by atoms with Crippen LogP contribution in [0.5, 0.6) is 0 Å². The van der Waals surface area contributed by atoms with E-state index >= 15 is 0 Å². The van der Waals surface area contributed by atoms with E-state index in [2.05, 4.69) is 10.3 Å². The van der Waals surface area contributed by atoms with Gasteiger partial charge in [-0.1, -0.05) is 0 Å². The first-order valence-electron chi connectivity index (χ1n) is 6.67. The zero-order valence-corrected chi connectivity index (χ0v) is 12.5. The van der Waals surface area contributed by atoms with Crippen molar-refractivity contribution in [2.75, 3.05) is 19.7 Å². The Hall–Kier alpha value is -0.980. The molecule has 0 aromatic carbocycles. The molecule has 0 bridgehead atoms. The van der Waals surface area contributed by atoms with Gasteiger partial charge in [0.1, 0.15) is 5.69 Å². The fraction of sp³-hybridized carbons (Fsp3) is 0.692. The van der Waals surface area contributed by atoms with E-state index in [1.54, 1.807) is 5.38 Å². The fourth-order valence-electron chi connectivity index (χ4n) is 1.49. The van der Waals surface area contributed by atoms with Gasteiger partial charge >= 0.3 is 0 Å². The van der Waals surface area contributed by atoms with Crippen LogP contribution >= 0.6 is 11.3 Å². The lowest BCUT2D eigenvalue weighted by Gasteiger charge is -2.07. The third-order valence-corrected chi connectivity index (χ3v) is 3.36. The van der Waals surface area contributed by atoms with Crippen molar-refractivity contribution in [3.05, 3.63) is 16.1 Å². The number of nitrogens with zero attached hydrogens (tertiary/aromatic N) is 1. The van der Waals surface area contributed by atoms with Crippen LogP contribution in [0.25, 0.3) is 0 Å². The molecule has 0 aliphatic rings. The predicted molar refractivity (Wildman–Crippen MR) is 77.5 cm³/mol. The van der Waals surface area contributed by atoms with E-state index in [1.807, 2.05) is 13.8 Å². The van der Waals surface area contributed by atoms with Gasteiger partial charge < -0.3 is 15.8 Å². The molecule has 0 fully saturated rings. The van der Waals surface area contributed by atoms with Gasteiger partial charge in [-0.3, -0.25) is 4.79 Å². The van der Waals surface area contributed by atoms with Gasteiger partial charge in [0, 0.05) is 25.0 Å². The Balaban J connectivity index is 2.16. The quantitative estimate of drug-likeness (QED) is 0.675.